The number of nitrogen functional groups attached to an aromatic ring is 1. The van der Waals surface area contributed by atoms with Crippen molar-refractivity contribution in [1.82, 2.24) is 15.2 Å². The van der Waals surface area contributed by atoms with Gasteiger partial charge in [0.1, 0.15) is 5.76 Å². The molecule has 3 N–H and O–H groups in total. The summed E-state index contributed by atoms with van der Waals surface area (Å²) in [5.74, 6) is 5.49. The lowest BCUT2D eigenvalue weighted by Gasteiger charge is -1.98. The normalized spacial score (nSPS) is 10.4. The number of carbonyl (C=O) groups excluding carboxylic acids is 1. The number of hydrogen-bond acceptors (Lipinski definition) is 4. The summed E-state index contributed by atoms with van der Waals surface area (Å²) in [4.78, 5) is 11.2. The van der Waals surface area contributed by atoms with E-state index in [2.05, 4.69) is 5.10 Å². The summed E-state index contributed by atoms with van der Waals surface area (Å²) in [5, 5.41) is 4.08. The largest absolute Gasteiger partial charge is 0.456 e. The molecule has 0 saturated carbocycles. The summed E-state index contributed by atoms with van der Waals surface area (Å²) in [6, 6.07) is 3.50. The number of amides is 1. The van der Waals surface area contributed by atoms with E-state index in [9.17, 15) is 4.79 Å². The Bertz CT molecular complexity index is 487. The Hall–Kier alpha value is -2.08. The van der Waals surface area contributed by atoms with Crippen LogP contribution in [-0.2, 0) is 6.54 Å². The Kier molecular flexibility index (Phi) is 2.74. The topological polar surface area (TPSA) is 86.1 Å². The number of carbonyl (C=O) groups is 1. The van der Waals surface area contributed by atoms with Crippen molar-refractivity contribution in [2.24, 2.45) is 5.84 Å². The molecular formula is C10H12N4O2. The van der Waals surface area contributed by atoms with Crippen molar-refractivity contribution in [2.75, 3.05) is 0 Å². The van der Waals surface area contributed by atoms with Crippen LogP contribution in [-0.4, -0.2) is 15.7 Å². The monoisotopic (exact) mass is 220 g/mol. The lowest BCUT2D eigenvalue weighted by Crippen LogP contribution is -2.29. The SMILES string of the molecule is Cc1oc(C(=O)NN)cc1Cn1cccn1. The number of nitrogens with one attached hydrogen (secondary N) is 1. The standard InChI is InChI=1S/C10H12N4O2/c1-7-8(6-14-4-2-3-12-14)5-9(16-7)10(15)13-11/h2-5H,6,11H2,1H3,(H,13,15). The minimum absolute atomic E-state index is 0.210. The van der Waals surface area contributed by atoms with E-state index in [-0.39, 0.29) is 5.76 Å². The number of hydrogen-bond donors (Lipinski definition) is 2. The molecule has 2 rings (SSSR count). The summed E-state index contributed by atoms with van der Waals surface area (Å²) in [5.41, 5.74) is 2.93. The van der Waals surface area contributed by atoms with E-state index in [1.165, 1.54) is 0 Å². The fourth-order valence-corrected chi connectivity index (χ4v) is 1.43. The Labute approximate surface area is 92.0 Å². The first-order chi connectivity index (χ1) is 7.70. The molecule has 0 bridgehead atoms. The van der Waals surface area contributed by atoms with Gasteiger partial charge < -0.3 is 4.42 Å². The van der Waals surface area contributed by atoms with E-state index in [0.717, 1.165) is 5.56 Å². The molecule has 2 aromatic heterocycles. The second-order valence-corrected chi connectivity index (χ2v) is 3.37. The van der Waals surface area contributed by atoms with Crippen LogP contribution in [0.5, 0.6) is 0 Å². The van der Waals surface area contributed by atoms with Crippen molar-refractivity contribution < 1.29 is 9.21 Å². The molecule has 0 saturated heterocycles. The maximum atomic E-state index is 11.2. The maximum absolute atomic E-state index is 11.2. The number of rotatable bonds is 3. The van der Waals surface area contributed by atoms with Crippen LogP contribution >= 0.6 is 0 Å². The van der Waals surface area contributed by atoms with Crippen LogP contribution in [0, 0.1) is 6.92 Å². The Morgan fingerprint density at radius 1 is 1.69 bits per heavy atom. The minimum Gasteiger partial charge on any atom is -0.456 e. The first-order valence-electron chi connectivity index (χ1n) is 4.78. The van der Waals surface area contributed by atoms with Crippen molar-refractivity contribution in [3.05, 3.63) is 41.6 Å². The van der Waals surface area contributed by atoms with Crippen LogP contribution in [0.3, 0.4) is 0 Å². The van der Waals surface area contributed by atoms with E-state index in [1.54, 1.807) is 23.9 Å². The average molecular weight is 220 g/mol. The lowest BCUT2D eigenvalue weighted by atomic mass is 10.2. The summed E-state index contributed by atoms with van der Waals surface area (Å²) >= 11 is 0. The van der Waals surface area contributed by atoms with Crippen LogP contribution < -0.4 is 11.3 Å². The molecule has 0 aromatic carbocycles. The highest BCUT2D eigenvalue weighted by atomic mass is 16.4. The molecule has 2 aromatic rings. The highest BCUT2D eigenvalue weighted by molar-refractivity contribution is 5.91. The third-order valence-electron chi connectivity index (χ3n) is 2.27. The molecule has 6 heteroatoms. The Morgan fingerprint density at radius 3 is 3.12 bits per heavy atom. The van der Waals surface area contributed by atoms with Gasteiger partial charge in [-0.1, -0.05) is 0 Å². The van der Waals surface area contributed by atoms with Gasteiger partial charge >= 0.3 is 5.91 Å². The molecule has 0 spiro atoms. The van der Waals surface area contributed by atoms with Crippen LogP contribution in [0.15, 0.2) is 28.9 Å². The zero-order valence-corrected chi connectivity index (χ0v) is 8.80. The summed E-state index contributed by atoms with van der Waals surface area (Å²) in [7, 11) is 0. The molecule has 0 aliphatic heterocycles. The first kappa shape index (κ1) is 10.4. The predicted octanol–water partition coefficient (Wildman–Crippen LogP) is 0.436. The van der Waals surface area contributed by atoms with Crippen molar-refractivity contribution in [3.8, 4) is 0 Å². The Morgan fingerprint density at radius 2 is 2.50 bits per heavy atom. The number of aromatic nitrogens is 2. The van der Waals surface area contributed by atoms with Crippen LogP contribution in [0.25, 0.3) is 0 Å². The zero-order chi connectivity index (χ0) is 11.5. The Balaban J connectivity index is 2.22. The van der Waals surface area contributed by atoms with Crippen molar-refractivity contribution in [2.45, 2.75) is 13.5 Å². The molecule has 0 unspecified atom stereocenters. The molecule has 0 aliphatic carbocycles. The van der Waals surface area contributed by atoms with Crippen LogP contribution in [0.1, 0.15) is 21.9 Å². The first-order valence-corrected chi connectivity index (χ1v) is 4.78. The second-order valence-electron chi connectivity index (χ2n) is 3.37. The zero-order valence-electron chi connectivity index (χ0n) is 8.80. The molecule has 2 heterocycles. The van der Waals surface area contributed by atoms with Gasteiger partial charge in [-0.2, -0.15) is 5.10 Å². The quantitative estimate of drug-likeness (QED) is 0.446. The van der Waals surface area contributed by atoms with E-state index >= 15 is 0 Å². The third-order valence-corrected chi connectivity index (χ3v) is 2.27. The van der Waals surface area contributed by atoms with E-state index in [0.29, 0.717) is 12.3 Å². The molecule has 0 fully saturated rings. The average Bonchev–Trinajstić information content (AvgIpc) is 2.89. The maximum Gasteiger partial charge on any atom is 0.300 e. The summed E-state index contributed by atoms with van der Waals surface area (Å²) in [6.45, 7) is 2.37. The third kappa shape index (κ3) is 1.96. The number of furan rings is 1. The van der Waals surface area contributed by atoms with E-state index in [1.807, 2.05) is 17.7 Å². The van der Waals surface area contributed by atoms with Gasteiger partial charge in [-0.3, -0.25) is 14.9 Å². The van der Waals surface area contributed by atoms with Gasteiger partial charge in [0.05, 0.1) is 6.54 Å². The van der Waals surface area contributed by atoms with Crippen molar-refractivity contribution in [1.29, 1.82) is 0 Å². The van der Waals surface area contributed by atoms with Gasteiger partial charge in [0.15, 0.2) is 5.76 Å². The molecule has 1 amide bonds. The van der Waals surface area contributed by atoms with Gasteiger partial charge in [0.2, 0.25) is 0 Å². The fraction of sp³-hybridized carbons (Fsp3) is 0.200. The smallest absolute Gasteiger partial charge is 0.300 e. The second kappa shape index (κ2) is 4.19. The molecule has 6 nitrogen and oxygen atoms in total. The minimum atomic E-state index is -0.435. The van der Waals surface area contributed by atoms with E-state index in [4.69, 9.17) is 10.3 Å². The molecule has 0 radical (unpaired) electrons. The lowest BCUT2D eigenvalue weighted by molar-refractivity contribution is 0.0924. The van der Waals surface area contributed by atoms with Crippen molar-refractivity contribution >= 4 is 5.91 Å². The summed E-state index contributed by atoms with van der Waals surface area (Å²) in [6.07, 6.45) is 3.54. The molecule has 84 valence electrons. The number of nitrogens with zero attached hydrogens (tertiary/aromatic N) is 2. The fourth-order valence-electron chi connectivity index (χ4n) is 1.43. The van der Waals surface area contributed by atoms with Gasteiger partial charge in [-0.25, -0.2) is 5.84 Å². The number of nitrogens with two attached hydrogens (primary N) is 1. The highest BCUT2D eigenvalue weighted by Gasteiger charge is 2.13. The van der Waals surface area contributed by atoms with Crippen LogP contribution in [0.4, 0.5) is 0 Å². The van der Waals surface area contributed by atoms with Gasteiger partial charge in [-0.05, 0) is 19.1 Å². The molecule has 0 atom stereocenters. The van der Waals surface area contributed by atoms with Gasteiger partial charge in [-0.15, -0.1) is 0 Å². The van der Waals surface area contributed by atoms with Gasteiger partial charge in [0, 0.05) is 18.0 Å². The molecule has 16 heavy (non-hydrogen) atoms. The molecule has 0 aliphatic rings. The van der Waals surface area contributed by atoms with Crippen LogP contribution in [0.2, 0.25) is 0 Å². The number of hydrazine groups is 1. The summed E-state index contributed by atoms with van der Waals surface area (Å²) < 4.78 is 7.03. The van der Waals surface area contributed by atoms with Gasteiger partial charge in [0.25, 0.3) is 0 Å². The molecular weight excluding hydrogens is 208 g/mol. The van der Waals surface area contributed by atoms with E-state index < -0.39 is 5.91 Å². The number of aryl methyl sites for hydroxylation is 1. The highest BCUT2D eigenvalue weighted by Crippen LogP contribution is 2.15. The van der Waals surface area contributed by atoms with Crippen molar-refractivity contribution in [3.63, 3.8) is 0 Å². The predicted molar refractivity (Wildman–Crippen MR) is 56.4 cm³/mol.